The summed E-state index contributed by atoms with van der Waals surface area (Å²) >= 11 is 0. The maximum absolute atomic E-state index is 11.2. The van der Waals surface area contributed by atoms with Gasteiger partial charge in [-0.05, 0) is 6.04 Å². The highest BCUT2D eigenvalue weighted by molar-refractivity contribution is 6.76. The Morgan fingerprint density at radius 2 is 2.16 bits per heavy atom. The summed E-state index contributed by atoms with van der Waals surface area (Å²) in [6, 6.07) is 1.01. The molecular weight excluding hydrogens is 266 g/mol. The molecule has 19 heavy (non-hydrogen) atoms. The lowest BCUT2D eigenvalue weighted by molar-refractivity contribution is -0.385. The Bertz CT molecular complexity index is 447. The quantitative estimate of drug-likeness (QED) is 0.252. The zero-order valence-electron chi connectivity index (χ0n) is 11.7. The molecule has 0 aliphatic carbocycles. The predicted molar refractivity (Wildman–Crippen MR) is 73.0 cm³/mol. The number of nitrogens with zero attached hydrogens (tertiary/aromatic N) is 3. The van der Waals surface area contributed by atoms with E-state index in [0.717, 1.165) is 6.04 Å². The Morgan fingerprint density at radius 1 is 1.53 bits per heavy atom. The van der Waals surface area contributed by atoms with Crippen LogP contribution in [0.2, 0.25) is 25.7 Å². The lowest BCUT2D eigenvalue weighted by Gasteiger charge is -2.15. The summed E-state index contributed by atoms with van der Waals surface area (Å²) in [6.07, 6.45) is 1.23. The molecule has 0 saturated carbocycles. The van der Waals surface area contributed by atoms with Crippen LogP contribution in [-0.4, -0.2) is 35.2 Å². The van der Waals surface area contributed by atoms with Gasteiger partial charge < -0.3 is 4.74 Å². The topological polar surface area (TPSA) is 87.3 Å². The van der Waals surface area contributed by atoms with Crippen LogP contribution in [0.3, 0.4) is 0 Å². The largest absolute Gasteiger partial charge is 0.360 e. The lowest BCUT2D eigenvalue weighted by atomic mass is 10.3. The van der Waals surface area contributed by atoms with Crippen molar-refractivity contribution in [1.82, 2.24) is 9.78 Å². The molecule has 0 amide bonds. The number of carbonyl (C=O) groups is 1. The van der Waals surface area contributed by atoms with Gasteiger partial charge in [0.25, 0.3) is 0 Å². The zero-order valence-corrected chi connectivity index (χ0v) is 12.7. The zero-order chi connectivity index (χ0) is 14.6. The molecule has 0 aromatic carbocycles. The molecule has 1 heterocycles. The van der Waals surface area contributed by atoms with Crippen molar-refractivity contribution in [2.75, 3.05) is 6.61 Å². The van der Waals surface area contributed by atoms with Gasteiger partial charge in [-0.15, -0.1) is 0 Å². The SMILES string of the molecule is CC(=O)c1nn(COCC[Si](C)(C)C)cc1[N+](=O)[O-]. The smallest absolute Gasteiger partial charge is 0.318 e. The highest BCUT2D eigenvalue weighted by Gasteiger charge is 2.22. The molecule has 7 nitrogen and oxygen atoms in total. The summed E-state index contributed by atoms with van der Waals surface area (Å²) in [5, 5.41) is 14.6. The molecule has 1 rings (SSSR count). The highest BCUT2D eigenvalue weighted by atomic mass is 28.3. The number of nitro groups is 1. The number of rotatable bonds is 7. The number of Topliss-reactive ketones (excluding diaryl/α,β-unsaturated/α-hetero) is 1. The van der Waals surface area contributed by atoms with E-state index in [0.29, 0.717) is 6.61 Å². The fourth-order valence-electron chi connectivity index (χ4n) is 1.40. The van der Waals surface area contributed by atoms with Gasteiger partial charge in [0.15, 0.2) is 5.78 Å². The van der Waals surface area contributed by atoms with Gasteiger partial charge in [0.1, 0.15) is 12.9 Å². The second kappa shape index (κ2) is 6.07. The van der Waals surface area contributed by atoms with Crippen LogP contribution in [-0.2, 0) is 11.5 Å². The van der Waals surface area contributed by atoms with E-state index in [-0.39, 0.29) is 18.1 Å². The van der Waals surface area contributed by atoms with E-state index in [2.05, 4.69) is 24.7 Å². The second-order valence-electron chi connectivity index (χ2n) is 5.56. The van der Waals surface area contributed by atoms with Crippen LogP contribution in [0.1, 0.15) is 17.4 Å². The van der Waals surface area contributed by atoms with E-state index in [1.165, 1.54) is 17.8 Å². The van der Waals surface area contributed by atoms with Crippen molar-refractivity contribution in [3.05, 3.63) is 22.0 Å². The van der Waals surface area contributed by atoms with Gasteiger partial charge in [0, 0.05) is 21.6 Å². The van der Waals surface area contributed by atoms with Gasteiger partial charge in [-0.1, -0.05) is 19.6 Å². The second-order valence-corrected chi connectivity index (χ2v) is 11.2. The molecular formula is C11H19N3O4Si. The van der Waals surface area contributed by atoms with Gasteiger partial charge in [-0.3, -0.25) is 14.9 Å². The molecule has 0 spiro atoms. The normalized spacial score (nSPS) is 11.6. The first-order chi connectivity index (χ1) is 8.70. The fraction of sp³-hybridized carbons (Fsp3) is 0.636. The molecule has 0 bridgehead atoms. The Morgan fingerprint density at radius 3 is 2.58 bits per heavy atom. The van der Waals surface area contributed by atoms with Crippen LogP contribution >= 0.6 is 0 Å². The molecule has 1 aromatic heterocycles. The minimum absolute atomic E-state index is 0.124. The molecule has 0 saturated heterocycles. The van der Waals surface area contributed by atoms with Gasteiger partial charge in [-0.2, -0.15) is 5.10 Å². The van der Waals surface area contributed by atoms with Gasteiger partial charge in [-0.25, -0.2) is 4.68 Å². The van der Waals surface area contributed by atoms with Crippen LogP contribution in [0.4, 0.5) is 5.69 Å². The maximum Gasteiger partial charge on any atom is 0.318 e. The molecule has 0 aliphatic rings. The van der Waals surface area contributed by atoms with Gasteiger partial charge in [0.2, 0.25) is 5.69 Å². The molecule has 0 atom stereocenters. The van der Waals surface area contributed by atoms with Crippen LogP contribution in [0.15, 0.2) is 6.20 Å². The fourth-order valence-corrected chi connectivity index (χ4v) is 2.15. The molecule has 0 radical (unpaired) electrons. The third kappa shape index (κ3) is 4.91. The monoisotopic (exact) mass is 285 g/mol. The summed E-state index contributed by atoms with van der Waals surface area (Å²) in [6.45, 7) is 8.69. The van der Waals surface area contributed by atoms with E-state index >= 15 is 0 Å². The first-order valence-electron chi connectivity index (χ1n) is 6.01. The molecule has 0 unspecified atom stereocenters. The van der Waals surface area contributed by atoms with Crippen LogP contribution in [0.25, 0.3) is 0 Å². The molecule has 8 heteroatoms. The Kier molecular flexibility index (Phi) is 4.95. The van der Waals surface area contributed by atoms with Crippen molar-refractivity contribution in [3.63, 3.8) is 0 Å². The van der Waals surface area contributed by atoms with Crippen molar-refractivity contribution < 1.29 is 14.5 Å². The third-order valence-electron chi connectivity index (χ3n) is 2.49. The lowest BCUT2D eigenvalue weighted by Crippen LogP contribution is -2.22. The van der Waals surface area contributed by atoms with E-state index in [4.69, 9.17) is 4.74 Å². The van der Waals surface area contributed by atoms with Crippen LogP contribution in [0.5, 0.6) is 0 Å². The molecule has 1 aromatic rings. The Hall–Kier alpha value is -1.54. The van der Waals surface area contributed by atoms with Gasteiger partial charge >= 0.3 is 5.69 Å². The molecule has 106 valence electrons. The molecule has 0 N–H and O–H groups in total. The number of hydrogen-bond donors (Lipinski definition) is 0. The van der Waals surface area contributed by atoms with Crippen molar-refractivity contribution >= 4 is 19.5 Å². The van der Waals surface area contributed by atoms with Crippen molar-refractivity contribution in [1.29, 1.82) is 0 Å². The van der Waals surface area contributed by atoms with E-state index < -0.39 is 18.8 Å². The summed E-state index contributed by atoms with van der Waals surface area (Å²) in [5.74, 6) is -0.424. The van der Waals surface area contributed by atoms with Crippen molar-refractivity contribution in [3.8, 4) is 0 Å². The maximum atomic E-state index is 11.2. The third-order valence-corrected chi connectivity index (χ3v) is 4.20. The summed E-state index contributed by atoms with van der Waals surface area (Å²) in [7, 11) is -1.15. The minimum atomic E-state index is -1.15. The van der Waals surface area contributed by atoms with Gasteiger partial charge in [0.05, 0.1) is 4.92 Å². The van der Waals surface area contributed by atoms with E-state index in [9.17, 15) is 14.9 Å². The Balaban J connectivity index is 2.63. The Labute approximate surface area is 112 Å². The predicted octanol–water partition coefficient (Wildman–Crippen LogP) is 2.31. The van der Waals surface area contributed by atoms with Crippen molar-refractivity contribution in [2.24, 2.45) is 0 Å². The first kappa shape index (κ1) is 15.5. The molecule has 0 aliphatic heterocycles. The van der Waals surface area contributed by atoms with Crippen LogP contribution in [0, 0.1) is 10.1 Å². The molecule has 0 fully saturated rings. The summed E-state index contributed by atoms with van der Waals surface area (Å²) in [5.41, 5.74) is -0.403. The summed E-state index contributed by atoms with van der Waals surface area (Å²) in [4.78, 5) is 21.4. The minimum Gasteiger partial charge on any atom is -0.360 e. The van der Waals surface area contributed by atoms with E-state index in [1.54, 1.807) is 0 Å². The summed E-state index contributed by atoms with van der Waals surface area (Å²) < 4.78 is 6.72. The first-order valence-corrected chi connectivity index (χ1v) is 9.72. The number of hydrogen-bond acceptors (Lipinski definition) is 5. The average molecular weight is 285 g/mol. The van der Waals surface area contributed by atoms with E-state index in [1.807, 2.05) is 0 Å². The number of aromatic nitrogens is 2. The highest BCUT2D eigenvalue weighted by Crippen LogP contribution is 2.17. The average Bonchev–Trinajstić information content (AvgIpc) is 2.67. The number of ketones is 1. The van der Waals surface area contributed by atoms with Crippen LogP contribution < -0.4 is 0 Å². The number of carbonyl (C=O) groups excluding carboxylic acids is 1. The van der Waals surface area contributed by atoms with Crippen molar-refractivity contribution in [2.45, 2.75) is 39.3 Å². The standard InChI is InChI=1S/C11H19N3O4Si/c1-9(15)11-10(14(16)17)7-13(12-11)8-18-5-6-19(2,3)4/h7H,5-6,8H2,1-4H3. The number of ether oxygens (including phenoxy) is 1.